The fraction of sp³-hybridized carbons (Fsp3) is 0.250. The molecule has 0 radical (unpaired) electrons. The van der Waals surface area contributed by atoms with Crippen LogP contribution in [0.2, 0.25) is 0 Å². The van der Waals surface area contributed by atoms with E-state index in [1.165, 1.54) is 5.06 Å². The van der Waals surface area contributed by atoms with Gasteiger partial charge in [0.15, 0.2) is 0 Å². The number of nitrogens with zero attached hydrogens (tertiary/aromatic N) is 2. The summed E-state index contributed by atoms with van der Waals surface area (Å²) < 4.78 is 0. The summed E-state index contributed by atoms with van der Waals surface area (Å²) in [7, 11) is 0. The molecule has 0 amide bonds. The smallest absolute Gasteiger partial charge is 0.221 e. The van der Waals surface area contributed by atoms with Gasteiger partial charge in [0, 0.05) is 6.54 Å². The molecule has 3 nitrogen and oxygen atoms in total. The zero-order chi connectivity index (χ0) is 9.30. The van der Waals surface area contributed by atoms with Crippen molar-refractivity contribution in [2.45, 2.75) is 6.92 Å². The average molecular weight is 187 g/mol. The van der Waals surface area contributed by atoms with Gasteiger partial charge in [0.05, 0.1) is 0 Å². The minimum atomic E-state index is 0.275. The van der Waals surface area contributed by atoms with E-state index in [1.54, 1.807) is 4.90 Å². The SMILES string of the molecule is C=C1ON(C(=C)Cl)C(=C)N1CC. The summed E-state index contributed by atoms with van der Waals surface area (Å²) in [6.45, 7) is 13.7. The Labute approximate surface area is 77.1 Å². The number of halogens is 1. The van der Waals surface area contributed by atoms with Crippen LogP contribution in [0.3, 0.4) is 0 Å². The molecule has 0 unspecified atom stereocenters. The minimum absolute atomic E-state index is 0.275. The van der Waals surface area contributed by atoms with E-state index in [-0.39, 0.29) is 5.16 Å². The summed E-state index contributed by atoms with van der Waals surface area (Å²) in [5, 5.41) is 1.62. The Hall–Kier alpha value is -1.09. The van der Waals surface area contributed by atoms with Crippen LogP contribution < -0.4 is 0 Å². The monoisotopic (exact) mass is 186 g/mol. The zero-order valence-corrected chi connectivity index (χ0v) is 7.76. The summed E-state index contributed by atoms with van der Waals surface area (Å²) in [5.74, 6) is 1.16. The van der Waals surface area contributed by atoms with E-state index in [9.17, 15) is 0 Å². The van der Waals surface area contributed by atoms with Crippen molar-refractivity contribution in [3.05, 3.63) is 36.6 Å². The first kappa shape index (κ1) is 9.00. The number of hydrogen-bond acceptors (Lipinski definition) is 3. The lowest BCUT2D eigenvalue weighted by atomic mass is 10.5. The Kier molecular flexibility index (Phi) is 2.33. The van der Waals surface area contributed by atoms with Gasteiger partial charge in [-0.15, -0.1) is 5.06 Å². The van der Waals surface area contributed by atoms with Crippen LogP contribution in [0.15, 0.2) is 36.6 Å². The highest BCUT2D eigenvalue weighted by Crippen LogP contribution is 2.29. The summed E-state index contributed by atoms with van der Waals surface area (Å²) in [6, 6.07) is 0. The Balaban J connectivity index is 2.82. The first-order valence-corrected chi connectivity index (χ1v) is 3.93. The lowest BCUT2D eigenvalue weighted by Crippen LogP contribution is -2.18. The number of hydroxylamine groups is 2. The van der Waals surface area contributed by atoms with Crippen molar-refractivity contribution in [2.75, 3.05) is 6.54 Å². The van der Waals surface area contributed by atoms with Crippen LogP contribution in [0, 0.1) is 0 Å². The maximum Gasteiger partial charge on any atom is 0.221 e. The molecule has 0 aromatic carbocycles. The van der Waals surface area contributed by atoms with Crippen LogP contribution in [0.25, 0.3) is 0 Å². The summed E-state index contributed by atoms with van der Waals surface area (Å²) in [5.41, 5.74) is 0. The summed E-state index contributed by atoms with van der Waals surface area (Å²) in [4.78, 5) is 6.97. The molecular weight excluding hydrogens is 176 g/mol. The van der Waals surface area contributed by atoms with E-state index >= 15 is 0 Å². The molecule has 66 valence electrons. The third-order valence-corrected chi connectivity index (χ3v) is 1.73. The second-order valence-electron chi connectivity index (χ2n) is 2.32. The molecule has 0 bridgehead atoms. The molecule has 0 atom stereocenters. The molecule has 1 fully saturated rings. The first-order valence-electron chi connectivity index (χ1n) is 3.55. The maximum absolute atomic E-state index is 5.64. The van der Waals surface area contributed by atoms with Gasteiger partial charge in [-0.3, -0.25) is 4.90 Å². The second kappa shape index (κ2) is 3.11. The Morgan fingerprint density at radius 2 is 2.17 bits per heavy atom. The maximum atomic E-state index is 5.64. The van der Waals surface area contributed by atoms with Gasteiger partial charge in [-0.2, -0.15) is 0 Å². The van der Waals surface area contributed by atoms with Gasteiger partial charge in [0.1, 0.15) is 11.0 Å². The van der Waals surface area contributed by atoms with Crippen molar-refractivity contribution in [1.82, 2.24) is 9.96 Å². The second-order valence-corrected chi connectivity index (χ2v) is 2.75. The topological polar surface area (TPSA) is 15.7 Å². The van der Waals surface area contributed by atoms with Crippen LogP contribution in [0.5, 0.6) is 0 Å². The third kappa shape index (κ3) is 1.28. The van der Waals surface area contributed by atoms with Crippen molar-refractivity contribution in [2.24, 2.45) is 0 Å². The Bertz CT molecular complexity index is 249. The molecule has 1 aliphatic rings. The molecule has 0 N–H and O–H groups in total. The van der Waals surface area contributed by atoms with Crippen LogP contribution in [-0.4, -0.2) is 16.5 Å². The van der Waals surface area contributed by atoms with Gasteiger partial charge in [-0.1, -0.05) is 24.8 Å². The van der Waals surface area contributed by atoms with E-state index in [0.717, 1.165) is 6.54 Å². The highest BCUT2D eigenvalue weighted by atomic mass is 35.5. The molecule has 0 aromatic heterocycles. The molecular formula is C8H11ClN2O. The minimum Gasteiger partial charge on any atom is -0.354 e. The first-order chi connectivity index (χ1) is 5.57. The summed E-state index contributed by atoms with van der Waals surface area (Å²) in [6.07, 6.45) is 0. The van der Waals surface area contributed by atoms with E-state index in [4.69, 9.17) is 16.4 Å². The van der Waals surface area contributed by atoms with Gasteiger partial charge < -0.3 is 4.84 Å². The predicted molar refractivity (Wildman–Crippen MR) is 48.6 cm³/mol. The highest BCUT2D eigenvalue weighted by molar-refractivity contribution is 6.28. The van der Waals surface area contributed by atoms with Crippen molar-refractivity contribution in [1.29, 1.82) is 0 Å². The number of rotatable bonds is 2. The van der Waals surface area contributed by atoms with Crippen molar-refractivity contribution >= 4 is 11.6 Å². The average Bonchev–Trinajstić information content (AvgIpc) is 2.27. The van der Waals surface area contributed by atoms with E-state index in [0.29, 0.717) is 11.7 Å². The molecule has 0 saturated carbocycles. The fourth-order valence-corrected chi connectivity index (χ4v) is 1.14. The van der Waals surface area contributed by atoms with E-state index < -0.39 is 0 Å². The number of hydrogen-bond donors (Lipinski definition) is 0. The molecule has 1 aliphatic heterocycles. The molecule has 1 heterocycles. The molecule has 1 rings (SSSR count). The standard InChI is InChI=1S/C8H11ClN2O/c1-5-10-7(3)11(6(2)9)12-8(10)4/h2-5H2,1H3. The Morgan fingerprint density at radius 1 is 1.58 bits per heavy atom. The lowest BCUT2D eigenvalue weighted by Gasteiger charge is -2.15. The molecule has 0 spiro atoms. The van der Waals surface area contributed by atoms with Gasteiger partial charge in [-0.25, -0.2) is 0 Å². The molecule has 0 aromatic rings. The van der Waals surface area contributed by atoms with E-state index in [1.807, 2.05) is 6.92 Å². The van der Waals surface area contributed by atoms with Crippen molar-refractivity contribution in [3.63, 3.8) is 0 Å². The molecule has 4 heteroatoms. The van der Waals surface area contributed by atoms with Gasteiger partial charge in [0.2, 0.25) is 5.88 Å². The lowest BCUT2D eigenvalue weighted by molar-refractivity contribution is -0.0149. The zero-order valence-electron chi connectivity index (χ0n) is 7.01. The fourth-order valence-electron chi connectivity index (χ4n) is 1.01. The van der Waals surface area contributed by atoms with Crippen molar-refractivity contribution in [3.8, 4) is 0 Å². The third-order valence-electron chi connectivity index (χ3n) is 1.58. The van der Waals surface area contributed by atoms with Gasteiger partial charge in [0.25, 0.3) is 0 Å². The van der Waals surface area contributed by atoms with Gasteiger partial charge in [-0.05, 0) is 13.5 Å². The van der Waals surface area contributed by atoms with Gasteiger partial charge >= 0.3 is 0 Å². The van der Waals surface area contributed by atoms with Crippen LogP contribution in [0.4, 0.5) is 0 Å². The van der Waals surface area contributed by atoms with E-state index in [2.05, 4.69) is 19.7 Å². The van der Waals surface area contributed by atoms with Crippen LogP contribution >= 0.6 is 11.6 Å². The Morgan fingerprint density at radius 3 is 2.42 bits per heavy atom. The largest absolute Gasteiger partial charge is 0.354 e. The predicted octanol–water partition coefficient (Wildman–Crippen LogP) is 2.21. The molecule has 12 heavy (non-hydrogen) atoms. The van der Waals surface area contributed by atoms with Crippen molar-refractivity contribution < 1.29 is 4.84 Å². The quantitative estimate of drug-likeness (QED) is 0.615. The molecule has 0 aliphatic carbocycles. The van der Waals surface area contributed by atoms with Crippen LogP contribution in [-0.2, 0) is 4.84 Å². The highest BCUT2D eigenvalue weighted by Gasteiger charge is 2.28. The van der Waals surface area contributed by atoms with Crippen LogP contribution in [0.1, 0.15) is 6.92 Å². The molecule has 1 saturated heterocycles. The summed E-state index contributed by atoms with van der Waals surface area (Å²) >= 11 is 5.64. The normalized spacial score (nSPS) is 16.8.